The fourth-order valence-electron chi connectivity index (χ4n) is 2.73. The molecule has 0 fully saturated rings. The number of nitrogens with zero attached hydrogens (tertiary/aromatic N) is 3. The van der Waals surface area contributed by atoms with Gasteiger partial charge in [0, 0.05) is 5.56 Å². The van der Waals surface area contributed by atoms with E-state index in [1.54, 1.807) is 18.0 Å². The monoisotopic (exact) mass is 412 g/mol. The lowest BCUT2D eigenvalue weighted by Crippen LogP contribution is -2.05. The number of nitrogens with one attached hydrogen (secondary N) is 1. The first-order valence-corrected chi connectivity index (χ1v) is 9.72. The molecule has 0 unspecified atom stereocenters. The van der Waals surface area contributed by atoms with Crippen molar-refractivity contribution in [2.75, 3.05) is 13.7 Å². The van der Waals surface area contributed by atoms with Crippen molar-refractivity contribution >= 4 is 18.4 Å². The standard InChI is InChI=1S/C21H24N4O3S/c1-5-27-18-10-9-15(11-19(18)26-4)13-22-25-20(23-24-21(25)29)16-7-6-8-17(12-16)28-14(2)3/h6-14H,5H2,1-4H3,(H,24,29)/b22-13-. The number of H-pyrrole nitrogens is 1. The van der Waals surface area contributed by atoms with E-state index in [0.29, 0.717) is 28.7 Å². The van der Waals surface area contributed by atoms with Gasteiger partial charge in [0.05, 0.1) is 26.0 Å². The van der Waals surface area contributed by atoms with Crippen LogP contribution in [0.5, 0.6) is 17.2 Å². The fraction of sp³-hybridized carbons (Fsp3) is 0.286. The summed E-state index contributed by atoms with van der Waals surface area (Å²) in [5.41, 5.74) is 1.69. The van der Waals surface area contributed by atoms with E-state index in [1.807, 2.05) is 63.2 Å². The molecule has 3 aromatic rings. The van der Waals surface area contributed by atoms with Gasteiger partial charge in [-0.2, -0.15) is 14.9 Å². The molecule has 3 rings (SSSR count). The predicted molar refractivity (Wildman–Crippen MR) is 116 cm³/mol. The van der Waals surface area contributed by atoms with Gasteiger partial charge < -0.3 is 14.2 Å². The summed E-state index contributed by atoms with van der Waals surface area (Å²) >= 11 is 5.35. The summed E-state index contributed by atoms with van der Waals surface area (Å²) in [5, 5.41) is 11.6. The zero-order valence-electron chi connectivity index (χ0n) is 16.9. The molecule has 7 nitrogen and oxygen atoms in total. The van der Waals surface area contributed by atoms with Crippen molar-refractivity contribution in [3.05, 3.63) is 52.8 Å². The highest BCUT2D eigenvalue weighted by molar-refractivity contribution is 7.71. The van der Waals surface area contributed by atoms with Crippen LogP contribution in [0.4, 0.5) is 0 Å². The molecule has 0 saturated carbocycles. The molecule has 1 heterocycles. The van der Waals surface area contributed by atoms with E-state index in [0.717, 1.165) is 16.9 Å². The van der Waals surface area contributed by atoms with Crippen molar-refractivity contribution in [1.82, 2.24) is 14.9 Å². The summed E-state index contributed by atoms with van der Waals surface area (Å²) in [5.74, 6) is 2.69. The lowest BCUT2D eigenvalue weighted by atomic mass is 10.2. The number of methoxy groups -OCH3 is 1. The summed E-state index contributed by atoms with van der Waals surface area (Å²) in [6.07, 6.45) is 1.78. The molecule has 0 spiro atoms. The molecule has 1 N–H and O–H groups in total. The van der Waals surface area contributed by atoms with E-state index in [1.165, 1.54) is 0 Å². The Kier molecular flexibility index (Phi) is 6.66. The third-order valence-corrected chi connectivity index (χ3v) is 4.19. The van der Waals surface area contributed by atoms with Crippen molar-refractivity contribution in [2.45, 2.75) is 26.9 Å². The molecular formula is C21H24N4O3S. The van der Waals surface area contributed by atoms with E-state index in [2.05, 4.69) is 15.3 Å². The number of rotatable bonds is 8. The summed E-state index contributed by atoms with van der Waals surface area (Å²) in [6, 6.07) is 13.3. The molecule has 0 aliphatic rings. The maximum Gasteiger partial charge on any atom is 0.216 e. The topological polar surface area (TPSA) is 73.7 Å². The lowest BCUT2D eigenvalue weighted by molar-refractivity contribution is 0.242. The summed E-state index contributed by atoms with van der Waals surface area (Å²) < 4.78 is 18.7. The highest BCUT2D eigenvalue weighted by Gasteiger charge is 2.10. The Labute approximate surface area is 174 Å². The number of benzene rings is 2. The van der Waals surface area contributed by atoms with Gasteiger partial charge in [-0.3, -0.25) is 0 Å². The Hall–Kier alpha value is -3.13. The zero-order chi connectivity index (χ0) is 20.8. The Morgan fingerprint density at radius 3 is 2.76 bits per heavy atom. The largest absolute Gasteiger partial charge is 0.493 e. The Balaban J connectivity index is 1.92. The Morgan fingerprint density at radius 2 is 2.03 bits per heavy atom. The molecule has 8 heteroatoms. The van der Waals surface area contributed by atoms with Crippen LogP contribution in [-0.2, 0) is 0 Å². The van der Waals surface area contributed by atoms with Crippen LogP contribution in [0, 0.1) is 4.77 Å². The van der Waals surface area contributed by atoms with Gasteiger partial charge in [0.2, 0.25) is 4.77 Å². The van der Waals surface area contributed by atoms with Gasteiger partial charge in [-0.1, -0.05) is 12.1 Å². The number of aromatic amines is 1. The van der Waals surface area contributed by atoms with E-state index < -0.39 is 0 Å². The van der Waals surface area contributed by atoms with E-state index in [4.69, 9.17) is 26.4 Å². The van der Waals surface area contributed by atoms with Gasteiger partial charge in [-0.05, 0) is 68.9 Å². The van der Waals surface area contributed by atoms with Gasteiger partial charge >= 0.3 is 0 Å². The molecule has 0 aliphatic heterocycles. The lowest BCUT2D eigenvalue weighted by Gasteiger charge is -2.10. The maximum absolute atomic E-state index is 5.77. The highest BCUT2D eigenvalue weighted by atomic mass is 32.1. The van der Waals surface area contributed by atoms with E-state index >= 15 is 0 Å². The molecule has 0 radical (unpaired) electrons. The van der Waals surface area contributed by atoms with Crippen molar-refractivity contribution in [2.24, 2.45) is 5.10 Å². The highest BCUT2D eigenvalue weighted by Crippen LogP contribution is 2.28. The van der Waals surface area contributed by atoms with Crippen LogP contribution in [0.25, 0.3) is 11.4 Å². The van der Waals surface area contributed by atoms with Crippen molar-refractivity contribution in [3.63, 3.8) is 0 Å². The molecule has 0 saturated heterocycles. The number of hydrogen-bond acceptors (Lipinski definition) is 6. The summed E-state index contributed by atoms with van der Waals surface area (Å²) in [4.78, 5) is 0. The minimum atomic E-state index is 0.0822. The van der Waals surface area contributed by atoms with Crippen LogP contribution < -0.4 is 14.2 Å². The normalized spacial score (nSPS) is 11.2. The van der Waals surface area contributed by atoms with Gasteiger partial charge in [-0.25, -0.2) is 5.10 Å². The first-order chi connectivity index (χ1) is 14.0. The molecule has 0 amide bonds. The minimum absolute atomic E-state index is 0.0822. The number of aromatic nitrogens is 3. The van der Waals surface area contributed by atoms with E-state index in [9.17, 15) is 0 Å². The Bertz CT molecular complexity index is 1060. The van der Waals surface area contributed by atoms with Gasteiger partial charge in [0.15, 0.2) is 17.3 Å². The second kappa shape index (κ2) is 9.38. The average molecular weight is 413 g/mol. The second-order valence-electron chi connectivity index (χ2n) is 6.45. The zero-order valence-corrected chi connectivity index (χ0v) is 17.7. The predicted octanol–water partition coefficient (Wildman–Crippen LogP) is 4.68. The van der Waals surface area contributed by atoms with Crippen molar-refractivity contribution in [3.8, 4) is 28.6 Å². The van der Waals surface area contributed by atoms with Crippen LogP contribution in [0.3, 0.4) is 0 Å². The first-order valence-electron chi connectivity index (χ1n) is 9.31. The maximum atomic E-state index is 5.77. The second-order valence-corrected chi connectivity index (χ2v) is 6.83. The third-order valence-electron chi connectivity index (χ3n) is 3.92. The first kappa shape index (κ1) is 20.6. The average Bonchev–Trinajstić information content (AvgIpc) is 3.07. The molecule has 29 heavy (non-hydrogen) atoms. The van der Waals surface area contributed by atoms with Crippen LogP contribution in [-0.4, -0.2) is 40.9 Å². The molecule has 1 aromatic heterocycles. The quantitative estimate of drug-likeness (QED) is 0.429. The Morgan fingerprint density at radius 1 is 1.21 bits per heavy atom. The van der Waals surface area contributed by atoms with Gasteiger partial charge in [0.1, 0.15) is 5.75 Å². The summed E-state index contributed by atoms with van der Waals surface area (Å²) in [7, 11) is 1.61. The number of ether oxygens (including phenoxy) is 3. The van der Waals surface area contributed by atoms with E-state index in [-0.39, 0.29) is 6.10 Å². The molecule has 2 aromatic carbocycles. The van der Waals surface area contributed by atoms with Crippen LogP contribution in [0.1, 0.15) is 26.3 Å². The fourth-order valence-corrected chi connectivity index (χ4v) is 2.91. The van der Waals surface area contributed by atoms with Gasteiger partial charge in [0.25, 0.3) is 0 Å². The van der Waals surface area contributed by atoms with Crippen LogP contribution in [0.2, 0.25) is 0 Å². The molecule has 152 valence electrons. The molecule has 0 bridgehead atoms. The smallest absolute Gasteiger partial charge is 0.216 e. The molecular weight excluding hydrogens is 388 g/mol. The third kappa shape index (κ3) is 5.03. The number of hydrogen-bond donors (Lipinski definition) is 1. The molecule has 0 atom stereocenters. The van der Waals surface area contributed by atoms with Crippen molar-refractivity contribution in [1.29, 1.82) is 0 Å². The SMILES string of the molecule is CCOc1ccc(/C=N\n2c(-c3cccc(OC(C)C)c3)n[nH]c2=S)cc1OC. The summed E-state index contributed by atoms with van der Waals surface area (Å²) in [6.45, 7) is 6.46. The van der Waals surface area contributed by atoms with Crippen LogP contribution >= 0.6 is 12.2 Å². The molecule has 0 aliphatic carbocycles. The van der Waals surface area contributed by atoms with Gasteiger partial charge in [-0.15, -0.1) is 0 Å². The van der Waals surface area contributed by atoms with Crippen LogP contribution in [0.15, 0.2) is 47.6 Å². The van der Waals surface area contributed by atoms with Crippen molar-refractivity contribution < 1.29 is 14.2 Å². The minimum Gasteiger partial charge on any atom is -0.493 e.